The number of nitro groups is 1. The summed E-state index contributed by atoms with van der Waals surface area (Å²) in [6.07, 6.45) is 2.05. The zero-order valence-electron chi connectivity index (χ0n) is 12.6. The van der Waals surface area contributed by atoms with Gasteiger partial charge in [-0.3, -0.25) is 10.1 Å². The number of benzene rings is 1. The molecular formula is C15H22N2O4. The third-order valence-corrected chi connectivity index (χ3v) is 3.65. The maximum atomic E-state index is 11.4. The van der Waals surface area contributed by atoms with Crippen molar-refractivity contribution in [3.05, 3.63) is 28.3 Å². The van der Waals surface area contributed by atoms with Crippen LogP contribution in [0.5, 0.6) is 5.75 Å². The molecule has 0 spiro atoms. The van der Waals surface area contributed by atoms with E-state index in [0.717, 1.165) is 25.9 Å². The van der Waals surface area contributed by atoms with Crippen LogP contribution in [0.4, 0.5) is 11.4 Å². The van der Waals surface area contributed by atoms with Crippen LogP contribution in [-0.2, 0) is 4.74 Å². The molecule has 1 aromatic rings. The van der Waals surface area contributed by atoms with E-state index >= 15 is 0 Å². The van der Waals surface area contributed by atoms with Crippen LogP contribution in [0.3, 0.4) is 0 Å². The summed E-state index contributed by atoms with van der Waals surface area (Å²) in [4.78, 5) is 13.1. The summed E-state index contributed by atoms with van der Waals surface area (Å²) in [5, 5.41) is 11.4. The Kier molecular flexibility index (Phi) is 5.38. The molecule has 21 heavy (non-hydrogen) atoms. The van der Waals surface area contributed by atoms with Gasteiger partial charge in [-0.15, -0.1) is 0 Å². The molecule has 0 bridgehead atoms. The number of para-hydroxylation sites is 1. The molecule has 0 amide bonds. The van der Waals surface area contributed by atoms with Crippen molar-refractivity contribution in [1.29, 1.82) is 0 Å². The van der Waals surface area contributed by atoms with Crippen LogP contribution in [0.25, 0.3) is 0 Å². The third kappa shape index (κ3) is 3.64. The molecule has 1 aliphatic rings. The molecule has 1 saturated heterocycles. The molecule has 0 aliphatic carbocycles. The minimum absolute atomic E-state index is 0.0641. The van der Waals surface area contributed by atoms with E-state index in [1.807, 2.05) is 19.9 Å². The SMILES string of the molecule is CCOc1cccc(N2CCC(OCC)CC2)c1[N+](=O)[O-]. The van der Waals surface area contributed by atoms with Crippen LogP contribution in [-0.4, -0.2) is 37.3 Å². The second-order valence-corrected chi connectivity index (χ2v) is 4.96. The highest BCUT2D eigenvalue weighted by atomic mass is 16.6. The molecule has 0 radical (unpaired) electrons. The molecule has 116 valence electrons. The summed E-state index contributed by atoms with van der Waals surface area (Å²) >= 11 is 0. The van der Waals surface area contributed by atoms with Gasteiger partial charge in [0.25, 0.3) is 0 Å². The van der Waals surface area contributed by atoms with E-state index in [4.69, 9.17) is 9.47 Å². The standard InChI is InChI=1S/C15H22N2O4/c1-3-20-12-8-10-16(11-9-12)13-6-5-7-14(21-4-2)15(13)17(18)19/h5-7,12H,3-4,8-11H2,1-2H3. The molecule has 0 atom stereocenters. The Bertz CT molecular complexity index is 485. The van der Waals surface area contributed by atoms with Gasteiger partial charge in [0, 0.05) is 19.7 Å². The number of piperidine rings is 1. The first-order valence-electron chi connectivity index (χ1n) is 7.44. The van der Waals surface area contributed by atoms with Crippen molar-refractivity contribution in [3.63, 3.8) is 0 Å². The molecule has 6 nitrogen and oxygen atoms in total. The zero-order chi connectivity index (χ0) is 15.2. The van der Waals surface area contributed by atoms with Crippen molar-refractivity contribution in [2.45, 2.75) is 32.8 Å². The molecule has 1 aliphatic heterocycles. The van der Waals surface area contributed by atoms with Gasteiger partial charge in [0.2, 0.25) is 0 Å². The first-order chi connectivity index (χ1) is 10.2. The summed E-state index contributed by atoms with van der Waals surface area (Å²) in [6, 6.07) is 5.25. The Hall–Kier alpha value is -1.82. The van der Waals surface area contributed by atoms with E-state index in [-0.39, 0.29) is 16.7 Å². The van der Waals surface area contributed by atoms with Crippen molar-refractivity contribution < 1.29 is 14.4 Å². The number of hydrogen-bond acceptors (Lipinski definition) is 5. The number of nitro benzene ring substituents is 1. The van der Waals surface area contributed by atoms with Gasteiger partial charge in [-0.2, -0.15) is 0 Å². The second kappa shape index (κ2) is 7.26. The Morgan fingerprint density at radius 3 is 2.57 bits per heavy atom. The van der Waals surface area contributed by atoms with Gasteiger partial charge in [0.05, 0.1) is 17.6 Å². The average Bonchev–Trinajstić information content (AvgIpc) is 2.48. The number of hydrogen-bond donors (Lipinski definition) is 0. The number of ether oxygens (including phenoxy) is 2. The van der Waals surface area contributed by atoms with Crippen LogP contribution >= 0.6 is 0 Å². The fourth-order valence-corrected chi connectivity index (χ4v) is 2.72. The predicted molar refractivity (Wildman–Crippen MR) is 81.1 cm³/mol. The highest BCUT2D eigenvalue weighted by molar-refractivity contribution is 5.70. The zero-order valence-corrected chi connectivity index (χ0v) is 12.6. The van der Waals surface area contributed by atoms with E-state index < -0.39 is 0 Å². The molecule has 1 fully saturated rings. The monoisotopic (exact) mass is 294 g/mol. The first kappa shape index (κ1) is 15.6. The maximum Gasteiger partial charge on any atom is 0.333 e. The van der Waals surface area contributed by atoms with Gasteiger partial charge in [0.1, 0.15) is 5.69 Å². The number of rotatable bonds is 6. The third-order valence-electron chi connectivity index (χ3n) is 3.65. The molecule has 0 N–H and O–H groups in total. The highest BCUT2D eigenvalue weighted by Crippen LogP contribution is 2.38. The summed E-state index contributed by atoms with van der Waals surface area (Å²) in [5.74, 6) is 0.340. The molecule has 0 unspecified atom stereocenters. The second-order valence-electron chi connectivity index (χ2n) is 4.96. The Balaban J connectivity index is 2.20. The Labute approximate surface area is 124 Å². The minimum Gasteiger partial charge on any atom is -0.487 e. The van der Waals surface area contributed by atoms with E-state index in [2.05, 4.69) is 4.90 Å². The highest BCUT2D eigenvalue weighted by Gasteiger charge is 2.28. The van der Waals surface area contributed by atoms with E-state index in [0.29, 0.717) is 24.7 Å². The molecule has 1 aromatic carbocycles. The van der Waals surface area contributed by atoms with Gasteiger partial charge in [0.15, 0.2) is 5.75 Å². The van der Waals surface area contributed by atoms with E-state index in [1.54, 1.807) is 12.1 Å². The lowest BCUT2D eigenvalue weighted by Crippen LogP contribution is -2.37. The predicted octanol–water partition coefficient (Wildman–Crippen LogP) is 3.00. The van der Waals surface area contributed by atoms with Crippen LogP contribution < -0.4 is 9.64 Å². The number of anilines is 1. The van der Waals surface area contributed by atoms with Crippen molar-refractivity contribution >= 4 is 11.4 Å². The van der Waals surface area contributed by atoms with Crippen molar-refractivity contribution in [3.8, 4) is 5.75 Å². The van der Waals surface area contributed by atoms with E-state index in [1.165, 1.54) is 0 Å². The van der Waals surface area contributed by atoms with Gasteiger partial charge in [-0.1, -0.05) is 6.07 Å². The normalized spacial score (nSPS) is 16.0. The molecule has 0 aromatic heterocycles. The molecule has 1 heterocycles. The van der Waals surface area contributed by atoms with Crippen LogP contribution in [0.15, 0.2) is 18.2 Å². The minimum atomic E-state index is -0.352. The topological polar surface area (TPSA) is 64.8 Å². The van der Waals surface area contributed by atoms with E-state index in [9.17, 15) is 10.1 Å². The van der Waals surface area contributed by atoms with Crippen molar-refractivity contribution in [2.75, 3.05) is 31.2 Å². The molecule has 6 heteroatoms. The average molecular weight is 294 g/mol. The summed E-state index contributed by atoms with van der Waals surface area (Å²) < 4.78 is 11.0. The smallest absolute Gasteiger partial charge is 0.333 e. The van der Waals surface area contributed by atoms with Crippen LogP contribution in [0.2, 0.25) is 0 Å². The van der Waals surface area contributed by atoms with Crippen molar-refractivity contribution in [2.24, 2.45) is 0 Å². The first-order valence-corrected chi connectivity index (χ1v) is 7.44. The lowest BCUT2D eigenvalue weighted by Gasteiger charge is -2.33. The van der Waals surface area contributed by atoms with Crippen molar-refractivity contribution in [1.82, 2.24) is 0 Å². The Morgan fingerprint density at radius 1 is 1.29 bits per heavy atom. The van der Waals surface area contributed by atoms with Gasteiger partial charge < -0.3 is 14.4 Å². The van der Waals surface area contributed by atoms with Crippen LogP contribution in [0.1, 0.15) is 26.7 Å². The fourth-order valence-electron chi connectivity index (χ4n) is 2.72. The fraction of sp³-hybridized carbons (Fsp3) is 0.600. The summed E-state index contributed by atoms with van der Waals surface area (Å²) in [7, 11) is 0. The van der Waals surface area contributed by atoms with Crippen LogP contribution in [0, 0.1) is 10.1 Å². The van der Waals surface area contributed by atoms with Gasteiger partial charge in [-0.05, 0) is 38.8 Å². The van der Waals surface area contributed by atoms with Gasteiger partial charge in [-0.25, -0.2) is 0 Å². The lowest BCUT2D eigenvalue weighted by molar-refractivity contribution is -0.385. The lowest BCUT2D eigenvalue weighted by atomic mass is 10.1. The summed E-state index contributed by atoms with van der Waals surface area (Å²) in [6.45, 7) is 6.47. The molecule has 0 saturated carbocycles. The molecule has 2 rings (SSSR count). The number of nitrogens with zero attached hydrogens (tertiary/aromatic N) is 2. The summed E-state index contributed by atoms with van der Waals surface area (Å²) in [5.41, 5.74) is 0.704. The quantitative estimate of drug-likeness (QED) is 0.596. The molecular weight excluding hydrogens is 272 g/mol. The Morgan fingerprint density at radius 2 is 2.00 bits per heavy atom. The van der Waals surface area contributed by atoms with Gasteiger partial charge >= 0.3 is 5.69 Å². The largest absolute Gasteiger partial charge is 0.487 e. The maximum absolute atomic E-state index is 11.4.